The summed E-state index contributed by atoms with van der Waals surface area (Å²) in [7, 11) is 0. The fraction of sp³-hybridized carbons (Fsp3) is 0.304. The molecule has 0 aliphatic rings. The van der Waals surface area contributed by atoms with Crippen molar-refractivity contribution in [1.82, 2.24) is 9.88 Å². The average Bonchev–Trinajstić information content (AvgIpc) is 3.14. The Labute approximate surface area is 181 Å². The molecule has 0 aliphatic carbocycles. The van der Waals surface area contributed by atoms with E-state index >= 15 is 0 Å². The minimum absolute atomic E-state index is 0.0659. The smallest absolute Gasteiger partial charge is 0.252 e. The number of benzene rings is 2. The van der Waals surface area contributed by atoms with E-state index in [1.165, 1.54) is 11.3 Å². The molecule has 0 unspecified atom stereocenters. The van der Waals surface area contributed by atoms with Gasteiger partial charge in [-0.1, -0.05) is 67.1 Å². The van der Waals surface area contributed by atoms with E-state index in [4.69, 9.17) is 16.6 Å². The number of likely N-dealkylation sites (N-methyl/N-ethyl adjacent to an activating group) is 1. The van der Waals surface area contributed by atoms with E-state index in [1.54, 1.807) is 11.0 Å². The second kappa shape index (κ2) is 10.0. The first-order valence-corrected chi connectivity index (χ1v) is 11.0. The number of aromatic nitrogens is 1. The van der Waals surface area contributed by atoms with Gasteiger partial charge in [-0.3, -0.25) is 9.69 Å². The normalized spacial score (nSPS) is 11.6. The Hall–Kier alpha value is -2.21. The summed E-state index contributed by atoms with van der Waals surface area (Å²) in [5.41, 5.74) is 2.92. The number of carbonyl (C=O) groups is 1. The molecule has 1 heterocycles. The average molecular weight is 428 g/mol. The van der Waals surface area contributed by atoms with Crippen LogP contribution in [-0.2, 0) is 4.79 Å². The van der Waals surface area contributed by atoms with Gasteiger partial charge >= 0.3 is 0 Å². The first-order valence-electron chi connectivity index (χ1n) is 9.85. The van der Waals surface area contributed by atoms with Crippen molar-refractivity contribution in [1.29, 1.82) is 0 Å². The number of amides is 1. The lowest BCUT2D eigenvalue weighted by Crippen LogP contribution is -2.38. The Balaban J connectivity index is 1.91. The molecule has 6 heteroatoms. The Morgan fingerprint density at radius 3 is 2.55 bits per heavy atom. The summed E-state index contributed by atoms with van der Waals surface area (Å²) in [6.07, 6.45) is 3.48. The molecule has 0 spiro atoms. The van der Waals surface area contributed by atoms with Crippen molar-refractivity contribution in [2.24, 2.45) is 0 Å². The molecular weight excluding hydrogens is 402 g/mol. The Kier molecular flexibility index (Phi) is 7.42. The monoisotopic (exact) mass is 427 g/mol. The summed E-state index contributed by atoms with van der Waals surface area (Å²) < 4.78 is 0.998. The number of thiazole rings is 1. The van der Waals surface area contributed by atoms with Gasteiger partial charge < -0.3 is 4.90 Å². The largest absolute Gasteiger partial charge is 0.302 e. The zero-order chi connectivity index (χ0) is 20.8. The van der Waals surface area contributed by atoms with Crippen LogP contribution >= 0.6 is 22.9 Å². The number of nitrogens with zero attached hydrogens (tertiary/aromatic N) is 3. The van der Waals surface area contributed by atoms with E-state index < -0.39 is 0 Å². The molecule has 0 atom stereocenters. The fourth-order valence-electron chi connectivity index (χ4n) is 3.16. The maximum Gasteiger partial charge on any atom is 0.252 e. The molecule has 1 amide bonds. The number of fused-ring (bicyclic) bond motifs is 1. The lowest BCUT2D eigenvalue weighted by molar-refractivity contribution is -0.114. The molecule has 0 bridgehead atoms. The molecular formula is C23H26ClN3OS. The third kappa shape index (κ3) is 5.44. The van der Waals surface area contributed by atoms with Crippen LogP contribution in [0.2, 0.25) is 5.02 Å². The van der Waals surface area contributed by atoms with E-state index in [9.17, 15) is 4.79 Å². The van der Waals surface area contributed by atoms with Gasteiger partial charge in [0.15, 0.2) is 5.13 Å². The predicted molar refractivity (Wildman–Crippen MR) is 125 cm³/mol. The molecule has 3 rings (SSSR count). The van der Waals surface area contributed by atoms with Crippen molar-refractivity contribution in [3.05, 3.63) is 64.7 Å². The summed E-state index contributed by atoms with van der Waals surface area (Å²) in [5.74, 6) is -0.0659. The van der Waals surface area contributed by atoms with Gasteiger partial charge in [-0.05, 0) is 49.3 Å². The molecule has 0 radical (unpaired) electrons. The van der Waals surface area contributed by atoms with Crippen molar-refractivity contribution in [3.8, 4) is 0 Å². The summed E-state index contributed by atoms with van der Waals surface area (Å²) in [4.78, 5) is 21.9. The van der Waals surface area contributed by atoms with E-state index in [0.717, 1.165) is 41.0 Å². The molecule has 29 heavy (non-hydrogen) atoms. The second-order valence-corrected chi connectivity index (χ2v) is 8.27. The van der Waals surface area contributed by atoms with Gasteiger partial charge in [0.2, 0.25) is 0 Å². The number of hydrogen-bond donors (Lipinski definition) is 0. The third-order valence-electron chi connectivity index (χ3n) is 4.89. The fourth-order valence-corrected chi connectivity index (χ4v) is 4.61. The van der Waals surface area contributed by atoms with Crippen LogP contribution in [0.25, 0.3) is 16.3 Å². The van der Waals surface area contributed by atoms with Crippen LogP contribution in [0, 0.1) is 6.92 Å². The maximum absolute atomic E-state index is 13.1. The van der Waals surface area contributed by atoms with Gasteiger partial charge in [-0.25, -0.2) is 4.98 Å². The quantitative estimate of drug-likeness (QED) is 0.436. The van der Waals surface area contributed by atoms with E-state index in [1.807, 2.05) is 55.5 Å². The molecule has 152 valence electrons. The topological polar surface area (TPSA) is 36.4 Å². The molecule has 0 saturated heterocycles. The van der Waals surface area contributed by atoms with Crippen molar-refractivity contribution in [2.75, 3.05) is 31.1 Å². The van der Waals surface area contributed by atoms with Crippen molar-refractivity contribution < 1.29 is 4.79 Å². The van der Waals surface area contributed by atoms with E-state index in [2.05, 4.69) is 18.7 Å². The number of rotatable bonds is 8. The van der Waals surface area contributed by atoms with Crippen LogP contribution in [0.5, 0.6) is 0 Å². The summed E-state index contributed by atoms with van der Waals surface area (Å²) in [6.45, 7) is 9.55. The highest BCUT2D eigenvalue weighted by Crippen LogP contribution is 2.33. The number of anilines is 1. The molecule has 4 nitrogen and oxygen atoms in total. The van der Waals surface area contributed by atoms with Crippen LogP contribution in [0.4, 0.5) is 5.13 Å². The number of hydrogen-bond acceptors (Lipinski definition) is 4. The van der Waals surface area contributed by atoms with Crippen LogP contribution in [0.1, 0.15) is 25.0 Å². The molecule has 0 saturated carbocycles. The Morgan fingerprint density at radius 1 is 1.14 bits per heavy atom. The number of aryl methyl sites for hydroxylation is 1. The van der Waals surface area contributed by atoms with Crippen molar-refractivity contribution >= 4 is 50.3 Å². The Bertz CT molecular complexity index is 996. The van der Waals surface area contributed by atoms with Crippen LogP contribution < -0.4 is 4.90 Å². The number of carbonyl (C=O) groups excluding carboxylic acids is 1. The second-order valence-electron chi connectivity index (χ2n) is 6.83. The first-order chi connectivity index (χ1) is 14.0. The Morgan fingerprint density at radius 2 is 1.86 bits per heavy atom. The van der Waals surface area contributed by atoms with Gasteiger partial charge in [0.1, 0.15) is 0 Å². The van der Waals surface area contributed by atoms with Gasteiger partial charge in [0, 0.05) is 24.2 Å². The minimum atomic E-state index is -0.0659. The molecule has 3 aromatic rings. The SMILES string of the molecule is CCN(CC)CCN(C(=O)C=Cc1ccccc1)c1nc2c(C)cc(Cl)cc2s1. The molecule has 0 fully saturated rings. The van der Waals surface area contributed by atoms with E-state index in [-0.39, 0.29) is 5.91 Å². The summed E-state index contributed by atoms with van der Waals surface area (Å²) in [5, 5.41) is 1.40. The predicted octanol–water partition coefficient (Wildman–Crippen LogP) is 5.65. The summed E-state index contributed by atoms with van der Waals surface area (Å²) >= 11 is 7.72. The first kappa shape index (κ1) is 21.5. The summed E-state index contributed by atoms with van der Waals surface area (Å²) in [6, 6.07) is 13.7. The van der Waals surface area contributed by atoms with Gasteiger partial charge in [-0.15, -0.1) is 0 Å². The molecule has 0 aliphatic heterocycles. The molecule has 1 aromatic heterocycles. The van der Waals surface area contributed by atoms with Crippen LogP contribution in [-0.4, -0.2) is 42.0 Å². The highest BCUT2D eigenvalue weighted by molar-refractivity contribution is 7.22. The molecule has 2 aromatic carbocycles. The third-order valence-corrected chi connectivity index (χ3v) is 6.13. The highest BCUT2D eigenvalue weighted by Gasteiger charge is 2.19. The van der Waals surface area contributed by atoms with Gasteiger partial charge in [0.25, 0.3) is 5.91 Å². The van der Waals surface area contributed by atoms with Crippen molar-refractivity contribution in [3.63, 3.8) is 0 Å². The molecule has 0 N–H and O–H groups in total. The van der Waals surface area contributed by atoms with E-state index in [0.29, 0.717) is 16.7 Å². The number of halogens is 1. The van der Waals surface area contributed by atoms with Crippen LogP contribution in [0.3, 0.4) is 0 Å². The maximum atomic E-state index is 13.1. The highest BCUT2D eigenvalue weighted by atomic mass is 35.5. The minimum Gasteiger partial charge on any atom is -0.302 e. The standard InChI is InChI=1S/C23H26ClN3OS/c1-4-26(5-2)13-14-27(21(28)12-11-18-9-7-6-8-10-18)23-25-22-17(3)15-19(24)16-20(22)29-23/h6-12,15-16H,4-5,13-14H2,1-3H3. The van der Waals surface area contributed by atoms with Crippen molar-refractivity contribution in [2.45, 2.75) is 20.8 Å². The van der Waals surface area contributed by atoms with Gasteiger partial charge in [-0.2, -0.15) is 0 Å². The van der Waals surface area contributed by atoms with Crippen LogP contribution in [0.15, 0.2) is 48.5 Å². The van der Waals surface area contributed by atoms with Gasteiger partial charge in [0.05, 0.1) is 10.2 Å². The zero-order valence-electron chi connectivity index (χ0n) is 17.1. The lowest BCUT2D eigenvalue weighted by atomic mass is 10.2. The lowest BCUT2D eigenvalue weighted by Gasteiger charge is -2.23. The zero-order valence-corrected chi connectivity index (χ0v) is 18.6.